The molecule has 6 fully saturated rings. The molecule has 6 aliphatic rings. The van der Waals surface area contributed by atoms with Gasteiger partial charge in [0.15, 0.2) is 18.0 Å². The van der Waals surface area contributed by atoms with Gasteiger partial charge in [-0.2, -0.15) is 0 Å². The summed E-state index contributed by atoms with van der Waals surface area (Å²) in [5, 5.41) is 10.7. The standard InChI is InChI=1S/C37H46O15/c1-18(2)27(44)48-29-36-23(14-24(40)41)30(5,26(43)21-10-13-46-16-21)11-12-34(36)32(7)22(15-25(42)45-9)31(6)17-35(32,51-33(8,50-34)52-36)37(29,49-20(4)39)28(31)47-19(3)38/h10,13,16,18,22-23,28-29H,11-12,14-15,17H2,1-9H3,(H,40,41)/t22-,23+,28-,29-,30+,31-,32-,33?,34-,35+,36+,37-/m0/s1. The maximum absolute atomic E-state index is 14.7. The van der Waals surface area contributed by atoms with Crippen molar-refractivity contribution in [2.24, 2.45) is 34.0 Å². The molecule has 52 heavy (non-hydrogen) atoms. The van der Waals surface area contributed by atoms with Gasteiger partial charge in [-0.15, -0.1) is 0 Å². The number of carbonyl (C=O) groups excluding carboxylic acids is 5. The van der Waals surface area contributed by atoms with Crippen LogP contribution < -0.4 is 0 Å². The molecule has 7 rings (SSSR count). The summed E-state index contributed by atoms with van der Waals surface area (Å²) in [7, 11) is 1.25. The monoisotopic (exact) mass is 730 g/mol. The fourth-order valence-corrected chi connectivity index (χ4v) is 12.3. The third kappa shape index (κ3) is 3.91. The molecule has 1 aromatic heterocycles. The summed E-state index contributed by atoms with van der Waals surface area (Å²) in [6.07, 6.45) is -1.40. The predicted octanol–water partition coefficient (Wildman–Crippen LogP) is 3.74. The third-order valence-electron chi connectivity index (χ3n) is 13.8. The average Bonchev–Trinajstić information content (AvgIpc) is 3.74. The Morgan fingerprint density at radius 2 is 1.56 bits per heavy atom. The summed E-state index contributed by atoms with van der Waals surface area (Å²) >= 11 is 0. The van der Waals surface area contributed by atoms with Crippen LogP contribution in [0.4, 0.5) is 0 Å². The molecule has 15 heteroatoms. The van der Waals surface area contributed by atoms with Gasteiger partial charge in [0.05, 0.1) is 31.3 Å². The van der Waals surface area contributed by atoms with Crippen molar-refractivity contribution < 1.29 is 71.4 Å². The number of hydrogen-bond donors (Lipinski definition) is 1. The molecule has 3 heterocycles. The van der Waals surface area contributed by atoms with Crippen molar-refractivity contribution in [3.8, 4) is 0 Å². The highest BCUT2D eigenvalue weighted by Gasteiger charge is 3.05. The van der Waals surface area contributed by atoms with E-state index in [2.05, 4.69) is 0 Å². The van der Waals surface area contributed by atoms with E-state index in [0.29, 0.717) is 0 Å². The molecule has 1 unspecified atom stereocenters. The number of methoxy groups -OCH3 is 1. The van der Waals surface area contributed by atoms with Gasteiger partial charge in [0.25, 0.3) is 5.97 Å². The number of furan rings is 1. The lowest BCUT2D eigenvalue weighted by molar-refractivity contribution is -0.476. The van der Waals surface area contributed by atoms with E-state index in [9.17, 15) is 33.9 Å². The van der Waals surface area contributed by atoms with Crippen LogP contribution >= 0.6 is 0 Å². The number of carboxylic acids is 1. The minimum atomic E-state index is -2.20. The first kappa shape index (κ1) is 36.5. The Balaban J connectivity index is 1.65. The zero-order valence-electron chi connectivity index (χ0n) is 30.8. The van der Waals surface area contributed by atoms with Crippen LogP contribution in [0.1, 0.15) is 97.9 Å². The van der Waals surface area contributed by atoms with Gasteiger partial charge in [-0.25, -0.2) is 0 Å². The summed E-state index contributed by atoms with van der Waals surface area (Å²) in [6, 6.07) is 1.48. The zero-order valence-corrected chi connectivity index (χ0v) is 30.8. The smallest absolute Gasteiger partial charge is 0.308 e. The molecule has 4 bridgehead atoms. The molecule has 284 valence electrons. The Morgan fingerprint density at radius 1 is 0.885 bits per heavy atom. The average molecular weight is 731 g/mol. The number of Topliss-reactive ketones (excluding diaryl/α,β-unsaturated/α-hetero) is 1. The zero-order chi connectivity index (χ0) is 38.2. The molecular formula is C37H46O15. The van der Waals surface area contributed by atoms with Crippen LogP contribution in [0.2, 0.25) is 0 Å². The Bertz CT molecular complexity index is 1770. The van der Waals surface area contributed by atoms with Crippen molar-refractivity contribution >= 4 is 35.6 Å². The molecule has 0 aromatic carbocycles. The van der Waals surface area contributed by atoms with Crippen LogP contribution in [0.25, 0.3) is 0 Å². The number of esters is 4. The molecule has 4 aliphatic carbocycles. The molecule has 4 saturated carbocycles. The van der Waals surface area contributed by atoms with Gasteiger partial charge in [0, 0.05) is 49.4 Å². The fourth-order valence-electron chi connectivity index (χ4n) is 12.3. The SMILES string of the molecule is COC(=O)C[C@H]1[C@]2(C)C[C@]34OC5(C)O[C@@]6([C@H](OC(=O)C(C)C)[C@@]3(OC(C)=O)[C@H]2OC(C)=O)[C@H](CC(=O)O)[C@](C)(C(=O)c2ccoc2)CC[C@]6(O5)[C@]14C. The first-order valence-corrected chi connectivity index (χ1v) is 17.6. The second-order valence-corrected chi connectivity index (χ2v) is 16.6. The Morgan fingerprint density at radius 3 is 2.12 bits per heavy atom. The molecule has 1 aromatic rings. The number of carbonyl (C=O) groups is 6. The van der Waals surface area contributed by atoms with E-state index in [4.69, 9.17) is 37.6 Å². The largest absolute Gasteiger partial charge is 0.481 e. The highest BCUT2D eigenvalue weighted by atomic mass is 16.9. The number of carboxylic acid groups (broad SMARTS) is 1. The molecule has 12 atom stereocenters. The van der Waals surface area contributed by atoms with Gasteiger partial charge in [0.2, 0.25) is 5.60 Å². The number of aliphatic carboxylic acids is 1. The minimum absolute atomic E-state index is 0.0219. The second kappa shape index (κ2) is 10.9. The molecule has 1 N–H and O–H groups in total. The van der Waals surface area contributed by atoms with Crippen molar-refractivity contribution in [1.29, 1.82) is 0 Å². The second-order valence-electron chi connectivity index (χ2n) is 16.6. The fraction of sp³-hybridized carbons (Fsp3) is 0.730. The number of ether oxygens (including phenoxy) is 7. The molecular weight excluding hydrogens is 684 g/mol. The Hall–Kier alpha value is -3.82. The van der Waals surface area contributed by atoms with E-state index < -0.39 is 117 Å². The minimum Gasteiger partial charge on any atom is -0.481 e. The van der Waals surface area contributed by atoms with Crippen molar-refractivity contribution in [1.82, 2.24) is 0 Å². The summed E-state index contributed by atoms with van der Waals surface area (Å²) < 4.78 is 50.9. The van der Waals surface area contributed by atoms with Gasteiger partial charge >= 0.3 is 29.8 Å². The van der Waals surface area contributed by atoms with E-state index >= 15 is 0 Å². The van der Waals surface area contributed by atoms with E-state index in [1.165, 1.54) is 39.5 Å². The number of fused-ring (bicyclic) bond motifs is 2. The van der Waals surface area contributed by atoms with Gasteiger partial charge in [0.1, 0.15) is 23.1 Å². The molecule has 0 radical (unpaired) electrons. The Kier molecular flexibility index (Phi) is 7.64. The van der Waals surface area contributed by atoms with Crippen LogP contribution in [-0.4, -0.2) is 88.4 Å². The maximum Gasteiger partial charge on any atom is 0.308 e. The van der Waals surface area contributed by atoms with Crippen molar-refractivity contribution in [3.05, 3.63) is 24.2 Å². The highest BCUT2D eigenvalue weighted by molar-refractivity contribution is 6.01. The number of rotatable bonds is 10. The number of ketones is 1. The van der Waals surface area contributed by atoms with E-state index in [0.717, 1.165) is 6.92 Å². The topological polar surface area (TPSA) is 200 Å². The van der Waals surface area contributed by atoms with Crippen LogP contribution in [-0.2, 0) is 57.1 Å². The van der Waals surface area contributed by atoms with E-state index in [-0.39, 0.29) is 31.2 Å². The van der Waals surface area contributed by atoms with E-state index in [1.54, 1.807) is 27.7 Å². The maximum atomic E-state index is 14.7. The molecule has 0 amide bonds. The quantitative estimate of drug-likeness (QED) is 0.207. The molecule has 2 spiro atoms. The van der Waals surface area contributed by atoms with Gasteiger partial charge in [-0.3, -0.25) is 28.8 Å². The predicted molar refractivity (Wildman–Crippen MR) is 172 cm³/mol. The van der Waals surface area contributed by atoms with Crippen molar-refractivity contribution in [2.45, 2.75) is 128 Å². The summed E-state index contributed by atoms with van der Waals surface area (Å²) in [6.45, 7) is 12.3. The van der Waals surface area contributed by atoms with E-state index in [1.807, 2.05) is 6.92 Å². The van der Waals surface area contributed by atoms with Crippen LogP contribution in [0.3, 0.4) is 0 Å². The van der Waals surface area contributed by atoms with Crippen LogP contribution in [0, 0.1) is 34.0 Å². The first-order chi connectivity index (χ1) is 24.1. The number of hydrogen-bond acceptors (Lipinski definition) is 14. The lowest BCUT2D eigenvalue weighted by Gasteiger charge is -2.76. The summed E-state index contributed by atoms with van der Waals surface area (Å²) in [5.74, 6) is -9.64. The van der Waals surface area contributed by atoms with Gasteiger partial charge < -0.3 is 42.7 Å². The lowest BCUT2D eigenvalue weighted by Crippen LogP contribution is -2.94. The van der Waals surface area contributed by atoms with Gasteiger partial charge in [-0.05, 0) is 31.2 Å². The highest BCUT2D eigenvalue weighted by Crippen LogP contribution is 2.89. The molecule has 15 nitrogen and oxygen atoms in total. The van der Waals surface area contributed by atoms with Gasteiger partial charge in [-0.1, -0.05) is 34.6 Å². The summed E-state index contributed by atoms with van der Waals surface area (Å²) in [4.78, 5) is 82.0. The molecule has 2 saturated heterocycles. The summed E-state index contributed by atoms with van der Waals surface area (Å²) in [5.41, 5.74) is -11.7. The van der Waals surface area contributed by atoms with Crippen LogP contribution in [0.5, 0.6) is 0 Å². The Labute approximate surface area is 300 Å². The van der Waals surface area contributed by atoms with Crippen molar-refractivity contribution in [3.63, 3.8) is 0 Å². The normalized spacial score (nSPS) is 46.0. The van der Waals surface area contributed by atoms with Crippen molar-refractivity contribution in [2.75, 3.05) is 7.11 Å². The lowest BCUT2D eigenvalue weighted by atomic mass is 9.33. The van der Waals surface area contributed by atoms with Crippen LogP contribution in [0.15, 0.2) is 23.0 Å². The third-order valence-corrected chi connectivity index (χ3v) is 13.8. The molecule has 2 aliphatic heterocycles. The first-order valence-electron chi connectivity index (χ1n) is 17.6.